The Hall–Kier alpha value is -5.90. The third kappa shape index (κ3) is 3.74. The average Bonchev–Trinajstić information content (AvgIpc) is 3.57. The molecule has 4 aromatic carbocycles. The SMILES string of the molecule is CC12C=C(c3ccc(O)cc3O1)C1Oc3cc(-c4cc5ccc(O)cc5o4)cc(OC(=O)c4ccc(O)cc4O)c3C1C2=O. The fraction of sp³-hybridized carbons (Fsp3) is 0.118. The number of fused-ring (bicyclic) bond motifs is 8. The number of benzene rings is 4. The molecule has 3 heterocycles. The van der Waals surface area contributed by atoms with Crippen molar-refractivity contribution in [3.8, 4) is 51.6 Å². The summed E-state index contributed by atoms with van der Waals surface area (Å²) >= 11 is 0. The number of esters is 1. The summed E-state index contributed by atoms with van der Waals surface area (Å²) in [5.41, 5.74) is 0.971. The lowest BCUT2D eigenvalue weighted by molar-refractivity contribution is -0.133. The number of ketones is 1. The summed E-state index contributed by atoms with van der Waals surface area (Å²) in [6.07, 6.45) is 0.925. The monoisotopic (exact) mass is 590 g/mol. The number of rotatable bonds is 3. The van der Waals surface area contributed by atoms with Gasteiger partial charge in [0.25, 0.3) is 0 Å². The van der Waals surface area contributed by atoms with Gasteiger partial charge in [0.2, 0.25) is 0 Å². The van der Waals surface area contributed by atoms with Crippen molar-refractivity contribution < 1.29 is 48.6 Å². The van der Waals surface area contributed by atoms with Crippen molar-refractivity contribution in [3.05, 3.63) is 95.6 Å². The molecule has 2 bridgehead atoms. The van der Waals surface area contributed by atoms with Crippen LogP contribution in [0.3, 0.4) is 0 Å². The van der Waals surface area contributed by atoms with Crippen LogP contribution in [0.1, 0.15) is 34.3 Å². The molecule has 44 heavy (non-hydrogen) atoms. The lowest BCUT2D eigenvalue weighted by Gasteiger charge is -2.41. The van der Waals surface area contributed by atoms with Crippen LogP contribution in [0, 0.1) is 0 Å². The van der Waals surface area contributed by atoms with E-state index in [4.69, 9.17) is 18.6 Å². The van der Waals surface area contributed by atoms with Gasteiger partial charge in [0.05, 0.1) is 11.5 Å². The molecular weight excluding hydrogens is 568 g/mol. The maximum atomic E-state index is 14.1. The predicted molar refractivity (Wildman–Crippen MR) is 155 cm³/mol. The first-order chi connectivity index (χ1) is 21.1. The van der Waals surface area contributed by atoms with Crippen molar-refractivity contribution in [2.45, 2.75) is 24.5 Å². The van der Waals surface area contributed by atoms with Crippen molar-refractivity contribution in [1.82, 2.24) is 0 Å². The van der Waals surface area contributed by atoms with Gasteiger partial charge in [-0.25, -0.2) is 4.79 Å². The standard InChI is InChI=1S/C34H22O10/c1-34-14-22(20-6-4-19(37)13-26(20)44-34)31-30(32(34)39)29-27(42-31)9-16(24-8-15-2-3-18(36)12-25(15)41-24)10-28(29)43-33(40)21-7-5-17(35)11-23(21)38/h2-14,30-31,35-38H,1H3. The van der Waals surface area contributed by atoms with Gasteiger partial charge in [0.1, 0.15) is 63.3 Å². The number of carbonyl (C=O) groups excluding carboxylic acids is 2. The lowest BCUT2D eigenvalue weighted by atomic mass is 9.71. The number of phenols is 4. The molecule has 3 aliphatic rings. The first-order valence-electron chi connectivity index (χ1n) is 13.7. The van der Waals surface area contributed by atoms with E-state index in [1.807, 2.05) is 0 Å². The Balaban J connectivity index is 1.29. The smallest absolute Gasteiger partial charge is 0.347 e. The molecule has 10 nitrogen and oxygen atoms in total. The van der Waals surface area contributed by atoms with Gasteiger partial charge in [-0.05, 0) is 67.6 Å². The van der Waals surface area contributed by atoms with Crippen LogP contribution in [0.5, 0.6) is 40.2 Å². The van der Waals surface area contributed by atoms with Crippen molar-refractivity contribution in [1.29, 1.82) is 0 Å². The minimum atomic E-state index is -1.39. The minimum Gasteiger partial charge on any atom is -0.508 e. The van der Waals surface area contributed by atoms with Gasteiger partial charge >= 0.3 is 5.97 Å². The minimum absolute atomic E-state index is 0.00855. The van der Waals surface area contributed by atoms with E-state index in [1.165, 1.54) is 36.4 Å². The Kier molecular flexibility index (Phi) is 5.16. The molecule has 0 spiro atoms. The Morgan fingerprint density at radius 1 is 0.864 bits per heavy atom. The molecule has 218 valence electrons. The van der Waals surface area contributed by atoms with Crippen LogP contribution in [0.4, 0.5) is 0 Å². The largest absolute Gasteiger partial charge is 0.508 e. The maximum absolute atomic E-state index is 14.1. The molecule has 8 rings (SSSR count). The van der Waals surface area contributed by atoms with E-state index in [9.17, 15) is 30.0 Å². The maximum Gasteiger partial charge on any atom is 0.347 e. The van der Waals surface area contributed by atoms with E-state index >= 15 is 0 Å². The van der Waals surface area contributed by atoms with E-state index in [2.05, 4.69) is 0 Å². The second kappa shape index (κ2) is 8.81. The molecule has 0 saturated carbocycles. The second-order valence-electron chi connectivity index (χ2n) is 11.2. The third-order valence-electron chi connectivity index (χ3n) is 8.27. The second-order valence-corrected chi connectivity index (χ2v) is 11.2. The first-order valence-corrected chi connectivity index (χ1v) is 13.7. The van der Waals surface area contributed by atoms with Crippen molar-refractivity contribution in [2.24, 2.45) is 0 Å². The van der Waals surface area contributed by atoms with Gasteiger partial charge in [-0.2, -0.15) is 0 Å². The molecule has 0 saturated heterocycles. The lowest BCUT2D eigenvalue weighted by Crippen LogP contribution is -2.51. The van der Waals surface area contributed by atoms with E-state index in [0.717, 1.165) is 11.5 Å². The molecule has 0 radical (unpaired) electrons. The Morgan fingerprint density at radius 2 is 1.61 bits per heavy atom. The van der Waals surface area contributed by atoms with Crippen molar-refractivity contribution in [2.75, 3.05) is 0 Å². The van der Waals surface area contributed by atoms with Crippen LogP contribution in [0.15, 0.2) is 83.3 Å². The van der Waals surface area contributed by atoms with Gasteiger partial charge in [-0.15, -0.1) is 0 Å². The highest BCUT2D eigenvalue weighted by atomic mass is 16.5. The highest BCUT2D eigenvalue weighted by molar-refractivity contribution is 6.06. The molecule has 0 fully saturated rings. The number of Topliss-reactive ketones (excluding diaryl/α,β-unsaturated/α-hetero) is 1. The van der Waals surface area contributed by atoms with Crippen LogP contribution in [0.25, 0.3) is 27.9 Å². The van der Waals surface area contributed by atoms with Gasteiger partial charge in [-0.3, -0.25) is 4.79 Å². The molecule has 3 atom stereocenters. The Morgan fingerprint density at radius 3 is 2.43 bits per heavy atom. The summed E-state index contributed by atoms with van der Waals surface area (Å²) in [6, 6.07) is 17.9. The summed E-state index contributed by atoms with van der Waals surface area (Å²) in [4.78, 5) is 27.5. The summed E-state index contributed by atoms with van der Waals surface area (Å²) in [7, 11) is 0. The molecule has 4 N–H and O–H groups in total. The van der Waals surface area contributed by atoms with Crippen LogP contribution < -0.4 is 14.2 Å². The molecule has 2 aliphatic heterocycles. The van der Waals surface area contributed by atoms with Gasteiger partial charge in [0, 0.05) is 40.3 Å². The zero-order chi connectivity index (χ0) is 30.5. The fourth-order valence-electron chi connectivity index (χ4n) is 6.24. The zero-order valence-electron chi connectivity index (χ0n) is 22.9. The van der Waals surface area contributed by atoms with Crippen molar-refractivity contribution in [3.63, 3.8) is 0 Å². The summed E-state index contributed by atoms with van der Waals surface area (Å²) in [5, 5.41) is 40.7. The molecule has 5 aromatic rings. The van der Waals surface area contributed by atoms with Gasteiger partial charge in [0.15, 0.2) is 11.4 Å². The van der Waals surface area contributed by atoms with E-state index in [-0.39, 0.29) is 40.1 Å². The normalized spacial score (nSPS) is 21.0. The zero-order valence-corrected chi connectivity index (χ0v) is 22.9. The number of hydrogen-bond donors (Lipinski definition) is 4. The Bertz CT molecular complexity index is 2120. The number of phenolic OH excluding ortho intramolecular Hbond substituents is 4. The number of furan rings is 1. The van der Waals surface area contributed by atoms with Crippen LogP contribution >= 0.6 is 0 Å². The van der Waals surface area contributed by atoms with Crippen LogP contribution in [-0.2, 0) is 4.79 Å². The van der Waals surface area contributed by atoms with E-state index in [0.29, 0.717) is 39.4 Å². The summed E-state index contributed by atoms with van der Waals surface area (Å²) in [5.74, 6) is -1.86. The molecule has 10 heteroatoms. The molecule has 0 amide bonds. The quantitative estimate of drug-likeness (QED) is 0.150. The number of ether oxygens (including phenoxy) is 3. The fourth-order valence-corrected chi connectivity index (χ4v) is 6.24. The van der Waals surface area contributed by atoms with Crippen molar-refractivity contribution >= 4 is 28.3 Å². The van der Waals surface area contributed by atoms with Crippen LogP contribution in [0.2, 0.25) is 0 Å². The van der Waals surface area contributed by atoms with E-state index in [1.54, 1.807) is 43.3 Å². The topological polar surface area (TPSA) is 156 Å². The van der Waals surface area contributed by atoms with E-state index < -0.39 is 29.3 Å². The highest BCUT2D eigenvalue weighted by Crippen LogP contribution is 2.57. The highest BCUT2D eigenvalue weighted by Gasteiger charge is 2.56. The number of aromatic hydroxyl groups is 4. The molecule has 3 unspecified atom stereocenters. The molecular formula is C34H22O10. The number of hydrogen-bond acceptors (Lipinski definition) is 10. The number of carbonyl (C=O) groups is 2. The predicted octanol–water partition coefficient (Wildman–Crippen LogP) is 5.80. The van der Waals surface area contributed by atoms with Gasteiger partial charge < -0.3 is 39.1 Å². The summed E-state index contributed by atoms with van der Waals surface area (Å²) < 4.78 is 24.5. The summed E-state index contributed by atoms with van der Waals surface area (Å²) in [6.45, 7) is 1.63. The third-order valence-corrected chi connectivity index (χ3v) is 8.27. The average molecular weight is 591 g/mol. The van der Waals surface area contributed by atoms with Gasteiger partial charge in [-0.1, -0.05) is 0 Å². The van der Waals surface area contributed by atoms with Crippen LogP contribution in [-0.4, -0.2) is 43.9 Å². The first kappa shape index (κ1) is 25.8. The molecule has 1 aromatic heterocycles. The molecule has 1 aliphatic carbocycles. The Labute approximate surface area is 248 Å².